The van der Waals surface area contributed by atoms with E-state index in [1.807, 2.05) is 0 Å². The molecule has 0 aliphatic rings. The summed E-state index contributed by atoms with van der Waals surface area (Å²) in [4.78, 5) is 0. The molecule has 0 heterocycles. The van der Waals surface area contributed by atoms with E-state index in [1.165, 1.54) is 0 Å². The van der Waals surface area contributed by atoms with Crippen molar-refractivity contribution in [1.29, 1.82) is 0 Å². The lowest BCUT2D eigenvalue weighted by molar-refractivity contribution is 0.179. The molecule has 0 aliphatic carbocycles. The van der Waals surface area contributed by atoms with Gasteiger partial charge in [0.1, 0.15) is 0 Å². The molecule has 0 amide bonds. The van der Waals surface area contributed by atoms with Crippen LogP contribution in [-0.2, 0) is 8.85 Å². The maximum absolute atomic E-state index is 13.3. The molecule has 0 radical (unpaired) electrons. The van der Waals surface area contributed by atoms with Crippen LogP contribution in [0.15, 0.2) is 11.5 Å². The summed E-state index contributed by atoms with van der Waals surface area (Å²) in [5.41, 5.74) is -1.48. The standard InChI is InChI=1S/C9H17F3O2Si/c1-4-7-15(13-5-2,14-6-3)9(12)8(10)11/h4-7H2,1-3H3. The first-order chi connectivity index (χ1) is 7.04. The monoisotopic (exact) mass is 242 g/mol. The number of hydrogen-bond donors (Lipinski definition) is 0. The molecule has 0 rings (SSSR count). The zero-order valence-corrected chi connectivity index (χ0v) is 10.3. The van der Waals surface area contributed by atoms with Crippen LogP contribution in [0.1, 0.15) is 27.2 Å². The predicted octanol–water partition coefficient (Wildman–Crippen LogP) is 3.53. The van der Waals surface area contributed by atoms with Crippen molar-refractivity contribution < 1.29 is 22.0 Å². The summed E-state index contributed by atoms with van der Waals surface area (Å²) >= 11 is 0. The van der Waals surface area contributed by atoms with Crippen LogP contribution >= 0.6 is 0 Å². The molecule has 0 spiro atoms. The van der Waals surface area contributed by atoms with Crippen molar-refractivity contribution in [3.63, 3.8) is 0 Å². The van der Waals surface area contributed by atoms with Crippen LogP contribution in [0.3, 0.4) is 0 Å². The Balaban J connectivity index is 5.00. The summed E-state index contributed by atoms with van der Waals surface area (Å²) in [7, 11) is -3.50. The van der Waals surface area contributed by atoms with E-state index in [4.69, 9.17) is 8.85 Å². The molecule has 0 saturated carbocycles. The number of hydrogen-bond acceptors (Lipinski definition) is 2. The largest absolute Gasteiger partial charge is 0.408 e. The molecule has 0 fully saturated rings. The Bertz CT molecular complexity index is 200. The molecule has 15 heavy (non-hydrogen) atoms. The van der Waals surface area contributed by atoms with Gasteiger partial charge in [0.05, 0.1) is 0 Å². The summed E-state index contributed by atoms with van der Waals surface area (Å²) in [5, 5.41) is 0. The smallest absolute Gasteiger partial charge is 0.390 e. The molecule has 0 atom stereocenters. The third-order valence-electron chi connectivity index (χ3n) is 1.83. The summed E-state index contributed by atoms with van der Waals surface area (Å²) < 4.78 is 48.2. The van der Waals surface area contributed by atoms with Gasteiger partial charge in [-0.3, -0.25) is 0 Å². The highest BCUT2D eigenvalue weighted by atomic mass is 28.4. The second-order valence-corrected chi connectivity index (χ2v) is 5.97. The van der Waals surface area contributed by atoms with Crippen LogP contribution in [-0.4, -0.2) is 21.8 Å². The molecular formula is C9H17F3O2Si. The second-order valence-electron chi connectivity index (χ2n) is 2.94. The van der Waals surface area contributed by atoms with Gasteiger partial charge in [-0.15, -0.1) is 0 Å². The van der Waals surface area contributed by atoms with Crippen molar-refractivity contribution >= 4 is 8.56 Å². The maximum Gasteiger partial charge on any atom is 0.408 e. The molecule has 0 saturated heterocycles. The van der Waals surface area contributed by atoms with E-state index in [2.05, 4.69) is 0 Å². The molecular weight excluding hydrogens is 225 g/mol. The topological polar surface area (TPSA) is 18.5 Å². The van der Waals surface area contributed by atoms with Crippen molar-refractivity contribution in [2.75, 3.05) is 13.2 Å². The van der Waals surface area contributed by atoms with Gasteiger partial charge < -0.3 is 8.85 Å². The first-order valence-corrected chi connectivity index (χ1v) is 7.05. The fraction of sp³-hybridized carbons (Fsp3) is 0.778. The lowest BCUT2D eigenvalue weighted by Crippen LogP contribution is -2.44. The summed E-state index contributed by atoms with van der Waals surface area (Å²) in [6, 6.07) is 0.206. The van der Waals surface area contributed by atoms with Gasteiger partial charge in [-0.2, -0.15) is 8.78 Å². The molecule has 0 unspecified atom stereocenters. The molecule has 0 N–H and O–H groups in total. The highest BCUT2D eigenvalue weighted by molar-refractivity contribution is 6.74. The summed E-state index contributed by atoms with van der Waals surface area (Å²) in [6.07, 6.45) is -1.77. The average molecular weight is 242 g/mol. The quantitative estimate of drug-likeness (QED) is 0.636. The minimum atomic E-state index is -3.50. The van der Waals surface area contributed by atoms with Crippen LogP contribution in [0.25, 0.3) is 0 Å². The van der Waals surface area contributed by atoms with E-state index in [9.17, 15) is 13.2 Å². The highest BCUT2D eigenvalue weighted by Crippen LogP contribution is 2.29. The minimum Gasteiger partial charge on any atom is -0.390 e. The Kier molecular flexibility index (Phi) is 6.87. The van der Waals surface area contributed by atoms with E-state index >= 15 is 0 Å². The maximum atomic E-state index is 13.3. The molecule has 6 heteroatoms. The van der Waals surface area contributed by atoms with Crippen molar-refractivity contribution in [1.82, 2.24) is 0 Å². The van der Waals surface area contributed by atoms with Gasteiger partial charge >= 0.3 is 14.6 Å². The Morgan fingerprint density at radius 1 is 1.00 bits per heavy atom. The van der Waals surface area contributed by atoms with Crippen molar-refractivity contribution in [3.05, 3.63) is 11.5 Å². The molecule has 0 aromatic carbocycles. The Morgan fingerprint density at radius 2 is 1.47 bits per heavy atom. The van der Waals surface area contributed by atoms with Crippen molar-refractivity contribution in [3.8, 4) is 0 Å². The minimum absolute atomic E-state index is 0.174. The Morgan fingerprint density at radius 3 is 1.73 bits per heavy atom. The second kappa shape index (κ2) is 7.03. The van der Waals surface area contributed by atoms with E-state index < -0.39 is 20.1 Å². The van der Waals surface area contributed by atoms with E-state index in [0.717, 1.165) is 0 Å². The fourth-order valence-electron chi connectivity index (χ4n) is 1.36. The third-order valence-corrected chi connectivity index (χ3v) is 5.36. The molecule has 0 aromatic rings. The van der Waals surface area contributed by atoms with Crippen molar-refractivity contribution in [2.24, 2.45) is 0 Å². The molecule has 0 bridgehead atoms. The van der Waals surface area contributed by atoms with Gasteiger partial charge in [-0.05, 0) is 19.9 Å². The first-order valence-electron chi connectivity index (χ1n) is 5.03. The van der Waals surface area contributed by atoms with Gasteiger partial charge in [0.15, 0.2) is 0 Å². The van der Waals surface area contributed by atoms with E-state index in [-0.39, 0.29) is 19.3 Å². The lowest BCUT2D eigenvalue weighted by Gasteiger charge is -2.27. The van der Waals surface area contributed by atoms with Gasteiger partial charge in [0.25, 0.3) is 0 Å². The molecule has 2 nitrogen and oxygen atoms in total. The van der Waals surface area contributed by atoms with Crippen LogP contribution in [0.2, 0.25) is 6.04 Å². The summed E-state index contributed by atoms with van der Waals surface area (Å²) in [6.45, 7) is 5.41. The lowest BCUT2D eigenvalue weighted by atomic mass is 10.6. The molecule has 0 aliphatic heterocycles. The van der Waals surface area contributed by atoms with Gasteiger partial charge in [-0.1, -0.05) is 13.3 Å². The van der Waals surface area contributed by atoms with Crippen LogP contribution in [0, 0.1) is 0 Å². The molecule has 90 valence electrons. The zero-order chi connectivity index (χ0) is 11.9. The first kappa shape index (κ1) is 14.7. The average Bonchev–Trinajstić information content (AvgIpc) is 2.17. The SMILES string of the molecule is CCC[Si](OCC)(OCC)C(F)=C(F)F. The summed E-state index contributed by atoms with van der Waals surface area (Å²) in [5.74, 6) is 0. The van der Waals surface area contributed by atoms with E-state index in [0.29, 0.717) is 6.42 Å². The van der Waals surface area contributed by atoms with Gasteiger partial charge in [-0.25, -0.2) is 4.39 Å². The van der Waals surface area contributed by atoms with Crippen LogP contribution < -0.4 is 0 Å². The Labute approximate surface area is 89.3 Å². The predicted molar refractivity (Wildman–Crippen MR) is 54.5 cm³/mol. The van der Waals surface area contributed by atoms with Gasteiger partial charge in [0.2, 0.25) is 5.45 Å². The Hall–Kier alpha value is -0.333. The number of halogens is 3. The van der Waals surface area contributed by atoms with Gasteiger partial charge in [0, 0.05) is 13.2 Å². The normalized spacial score (nSPS) is 11.6. The zero-order valence-electron chi connectivity index (χ0n) is 9.28. The van der Waals surface area contributed by atoms with Crippen LogP contribution in [0.5, 0.6) is 0 Å². The fourth-order valence-corrected chi connectivity index (χ4v) is 4.09. The van der Waals surface area contributed by atoms with E-state index in [1.54, 1.807) is 20.8 Å². The van der Waals surface area contributed by atoms with Crippen molar-refractivity contribution in [2.45, 2.75) is 33.2 Å². The third kappa shape index (κ3) is 3.96. The van der Waals surface area contributed by atoms with Crippen LogP contribution in [0.4, 0.5) is 13.2 Å². The highest BCUT2D eigenvalue weighted by Gasteiger charge is 2.45. The molecule has 0 aromatic heterocycles. The number of rotatable bonds is 7.